The molecule has 0 saturated carbocycles. The Morgan fingerprint density at radius 2 is 2.05 bits per heavy atom. The van der Waals surface area contributed by atoms with Crippen molar-refractivity contribution in [1.29, 1.82) is 0 Å². The summed E-state index contributed by atoms with van der Waals surface area (Å²) in [5.41, 5.74) is 0. The molecule has 3 rings (SSSR count). The van der Waals surface area contributed by atoms with E-state index >= 15 is 0 Å². The van der Waals surface area contributed by atoms with Crippen molar-refractivity contribution in [3.8, 4) is 0 Å². The molecule has 2 aromatic rings. The highest BCUT2D eigenvalue weighted by atomic mass is 16.5. The molecule has 110 valence electrons. The fourth-order valence-electron chi connectivity index (χ4n) is 2.94. The number of fused-ring (bicyclic) bond motifs is 1. The highest BCUT2D eigenvalue weighted by Gasteiger charge is 2.27. The lowest BCUT2D eigenvalue weighted by molar-refractivity contribution is -0.148. The van der Waals surface area contributed by atoms with E-state index in [4.69, 9.17) is 4.74 Å². The second-order valence-electron chi connectivity index (χ2n) is 5.37. The van der Waals surface area contributed by atoms with Crippen LogP contribution in [-0.2, 0) is 9.53 Å². The Bertz CT molecular complexity index is 628. The van der Waals surface area contributed by atoms with E-state index in [9.17, 15) is 4.79 Å². The molecular formula is C17H20N2O2. The first-order valence-electron chi connectivity index (χ1n) is 7.55. The zero-order valence-corrected chi connectivity index (χ0v) is 12.3. The van der Waals surface area contributed by atoms with Crippen molar-refractivity contribution in [2.24, 2.45) is 5.92 Å². The van der Waals surface area contributed by atoms with Gasteiger partial charge < -0.3 is 9.64 Å². The van der Waals surface area contributed by atoms with Crippen molar-refractivity contribution >= 4 is 22.6 Å². The van der Waals surface area contributed by atoms with Crippen molar-refractivity contribution < 1.29 is 9.53 Å². The van der Waals surface area contributed by atoms with Crippen LogP contribution in [0.2, 0.25) is 0 Å². The van der Waals surface area contributed by atoms with Crippen LogP contribution in [0.3, 0.4) is 0 Å². The molecule has 0 bridgehead atoms. The standard InChI is InChI=1S/C17H20N2O2/c1-2-21-17(20)14-8-11-19(12-9-14)16-15-6-4-3-5-13(15)7-10-18-16/h3-7,10,14H,2,8-9,11-12H2,1H3. The number of benzene rings is 1. The molecule has 1 saturated heterocycles. The Labute approximate surface area is 124 Å². The van der Waals surface area contributed by atoms with Gasteiger partial charge >= 0.3 is 5.97 Å². The monoisotopic (exact) mass is 284 g/mol. The molecule has 21 heavy (non-hydrogen) atoms. The number of ether oxygens (including phenoxy) is 1. The summed E-state index contributed by atoms with van der Waals surface area (Å²) in [6.07, 6.45) is 3.53. The van der Waals surface area contributed by atoms with Crippen molar-refractivity contribution in [3.05, 3.63) is 36.5 Å². The highest BCUT2D eigenvalue weighted by molar-refractivity contribution is 5.92. The summed E-state index contributed by atoms with van der Waals surface area (Å²) in [5, 5.41) is 2.38. The Balaban J connectivity index is 1.76. The van der Waals surface area contributed by atoms with Crippen LogP contribution in [-0.4, -0.2) is 30.6 Å². The molecule has 0 amide bonds. The zero-order chi connectivity index (χ0) is 14.7. The van der Waals surface area contributed by atoms with Crippen LogP contribution in [0.15, 0.2) is 36.5 Å². The van der Waals surface area contributed by atoms with Crippen molar-refractivity contribution in [1.82, 2.24) is 4.98 Å². The third-order valence-corrected chi connectivity index (χ3v) is 4.07. The fourth-order valence-corrected chi connectivity index (χ4v) is 2.94. The van der Waals surface area contributed by atoms with Gasteiger partial charge in [0.25, 0.3) is 0 Å². The molecule has 0 unspecified atom stereocenters. The van der Waals surface area contributed by atoms with Crippen LogP contribution >= 0.6 is 0 Å². The van der Waals surface area contributed by atoms with Crippen molar-refractivity contribution in [2.45, 2.75) is 19.8 Å². The van der Waals surface area contributed by atoms with Gasteiger partial charge in [-0.25, -0.2) is 4.98 Å². The molecule has 0 aliphatic carbocycles. The third-order valence-electron chi connectivity index (χ3n) is 4.07. The van der Waals surface area contributed by atoms with E-state index in [-0.39, 0.29) is 11.9 Å². The molecule has 0 N–H and O–H groups in total. The molecule has 2 heterocycles. The topological polar surface area (TPSA) is 42.4 Å². The smallest absolute Gasteiger partial charge is 0.309 e. The van der Waals surface area contributed by atoms with Crippen LogP contribution in [0.1, 0.15) is 19.8 Å². The molecule has 1 aromatic heterocycles. The van der Waals surface area contributed by atoms with Crippen LogP contribution in [0, 0.1) is 5.92 Å². The maximum atomic E-state index is 11.8. The number of nitrogens with zero attached hydrogens (tertiary/aromatic N) is 2. The van der Waals surface area contributed by atoms with Crippen LogP contribution in [0.4, 0.5) is 5.82 Å². The van der Waals surface area contributed by atoms with E-state index < -0.39 is 0 Å². The molecule has 1 aliphatic heterocycles. The number of rotatable bonds is 3. The minimum Gasteiger partial charge on any atom is -0.466 e. The number of carbonyl (C=O) groups excluding carboxylic acids is 1. The van der Waals surface area contributed by atoms with E-state index in [0.717, 1.165) is 31.7 Å². The second kappa shape index (κ2) is 6.12. The first-order chi connectivity index (χ1) is 10.3. The van der Waals surface area contributed by atoms with Gasteiger partial charge in [-0.1, -0.05) is 24.3 Å². The largest absolute Gasteiger partial charge is 0.466 e. The maximum Gasteiger partial charge on any atom is 0.309 e. The van der Waals surface area contributed by atoms with Gasteiger partial charge in [-0.15, -0.1) is 0 Å². The molecule has 4 heteroatoms. The summed E-state index contributed by atoms with van der Waals surface area (Å²) in [4.78, 5) is 18.6. The third kappa shape index (κ3) is 2.84. The minimum absolute atomic E-state index is 0.0381. The molecule has 1 aliphatic rings. The number of anilines is 1. The fraction of sp³-hybridized carbons (Fsp3) is 0.412. The lowest BCUT2D eigenvalue weighted by Gasteiger charge is -2.32. The van der Waals surface area contributed by atoms with E-state index in [1.807, 2.05) is 31.3 Å². The highest BCUT2D eigenvalue weighted by Crippen LogP contribution is 2.28. The summed E-state index contributed by atoms with van der Waals surface area (Å²) in [6.45, 7) is 4.02. The van der Waals surface area contributed by atoms with Gasteiger partial charge in [0.1, 0.15) is 5.82 Å². The molecule has 0 spiro atoms. The SMILES string of the molecule is CCOC(=O)C1CCN(c2nccc3ccccc23)CC1. The number of aromatic nitrogens is 1. The Morgan fingerprint density at radius 3 is 2.81 bits per heavy atom. The summed E-state index contributed by atoms with van der Waals surface area (Å²) < 4.78 is 5.12. The average Bonchev–Trinajstić information content (AvgIpc) is 2.55. The number of piperidine rings is 1. The lowest BCUT2D eigenvalue weighted by Crippen LogP contribution is -2.37. The summed E-state index contributed by atoms with van der Waals surface area (Å²) >= 11 is 0. The molecule has 1 fully saturated rings. The second-order valence-corrected chi connectivity index (χ2v) is 5.37. The summed E-state index contributed by atoms with van der Waals surface area (Å²) in [7, 11) is 0. The molecule has 4 nitrogen and oxygen atoms in total. The van der Waals surface area contributed by atoms with E-state index in [0.29, 0.717) is 6.61 Å². The molecule has 0 atom stereocenters. The Morgan fingerprint density at radius 1 is 1.29 bits per heavy atom. The van der Waals surface area contributed by atoms with E-state index in [2.05, 4.69) is 22.0 Å². The number of pyridine rings is 1. The van der Waals surface area contributed by atoms with E-state index in [1.54, 1.807) is 0 Å². The average molecular weight is 284 g/mol. The summed E-state index contributed by atoms with van der Waals surface area (Å²) in [5.74, 6) is 1.01. The lowest BCUT2D eigenvalue weighted by atomic mass is 9.96. The molecule has 1 aromatic carbocycles. The zero-order valence-electron chi connectivity index (χ0n) is 12.3. The van der Waals surface area contributed by atoms with Crippen molar-refractivity contribution in [2.75, 3.05) is 24.6 Å². The number of hydrogen-bond acceptors (Lipinski definition) is 4. The number of hydrogen-bond donors (Lipinski definition) is 0. The first kappa shape index (κ1) is 13.9. The predicted molar refractivity (Wildman–Crippen MR) is 83.3 cm³/mol. The van der Waals surface area contributed by atoms with Crippen LogP contribution < -0.4 is 4.90 Å². The summed E-state index contributed by atoms with van der Waals surface area (Å²) in [6, 6.07) is 10.3. The van der Waals surface area contributed by atoms with Gasteiger partial charge in [0.05, 0.1) is 12.5 Å². The van der Waals surface area contributed by atoms with E-state index in [1.165, 1.54) is 10.8 Å². The van der Waals surface area contributed by atoms with Gasteiger partial charge in [0.15, 0.2) is 0 Å². The van der Waals surface area contributed by atoms with Crippen LogP contribution in [0.5, 0.6) is 0 Å². The number of esters is 1. The maximum absolute atomic E-state index is 11.8. The number of carbonyl (C=O) groups is 1. The van der Waals surface area contributed by atoms with Gasteiger partial charge in [0.2, 0.25) is 0 Å². The van der Waals surface area contributed by atoms with Gasteiger partial charge in [-0.2, -0.15) is 0 Å². The van der Waals surface area contributed by atoms with Gasteiger partial charge in [0, 0.05) is 24.7 Å². The van der Waals surface area contributed by atoms with Gasteiger partial charge in [-0.3, -0.25) is 4.79 Å². The van der Waals surface area contributed by atoms with Crippen molar-refractivity contribution in [3.63, 3.8) is 0 Å². The van der Waals surface area contributed by atoms with Gasteiger partial charge in [-0.05, 0) is 31.2 Å². The normalized spacial score (nSPS) is 16.1. The Hall–Kier alpha value is -2.10. The Kier molecular flexibility index (Phi) is 4.04. The predicted octanol–water partition coefficient (Wildman–Crippen LogP) is 3.01. The molecular weight excluding hydrogens is 264 g/mol. The quantitative estimate of drug-likeness (QED) is 0.813. The first-order valence-corrected chi connectivity index (χ1v) is 7.55. The minimum atomic E-state index is -0.0528. The van der Waals surface area contributed by atoms with Crippen LogP contribution in [0.25, 0.3) is 10.8 Å². The molecule has 0 radical (unpaired) electrons.